The van der Waals surface area contributed by atoms with Crippen molar-refractivity contribution in [3.8, 4) is 0 Å². The number of rotatable bonds is 5. The van der Waals surface area contributed by atoms with Gasteiger partial charge in [-0.2, -0.15) is 0 Å². The Kier molecular flexibility index (Phi) is 5.77. The molecule has 0 saturated heterocycles. The molecule has 0 unspecified atom stereocenters. The Morgan fingerprint density at radius 1 is 1.27 bits per heavy atom. The number of nitrogens with zero attached hydrogens (tertiary/aromatic N) is 2. The minimum atomic E-state index is -1.29. The van der Waals surface area contributed by atoms with E-state index in [2.05, 4.69) is 4.98 Å². The minimum absolute atomic E-state index is 0.380. The highest BCUT2D eigenvalue weighted by atomic mass is 35.5. The van der Waals surface area contributed by atoms with Crippen molar-refractivity contribution in [2.45, 2.75) is 12.5 Å². The van der Waals surface area contributed by atoms with Crippen LogP contribution < -0.4 is 0 Å². The fraction of sp³-hybridized carbons (Fsp3) is 0.250. The lowest BCUT2D eigenvalue weighted by Crippen LogP contribution is -2.33. The fourth-order valence-electron chi connectivity index (χ4n) is 2.02. The van der Waals surface area contributed by atoms with Crippen molar-refractivity contribution >= 4 is 29.1 Å². The molecule has 1 amide bonds. The second-order valence-electron chi connectivity index (χ2n) is 4.94. The van der Waals surface area contributed by atoms with E-state index in [1.54, 1.807) is 19.3 Å². The molecule has 6 heteroatoms. The van der Waals surface area contributed by atoms with Gasteiger partial charge in [-0.05, 0) is 35.9 Å². The van der Waals surface area contributed by atoms with E-state index in [4.69, 9.17) is 23.2 Å². The smallest absolute Gasteiger partial charge is 0.255 e. The van der Waals surface area contributed by atoms with E-state index in [9.17, 15) is 9.90 Å². The molecule has 0 aliphatic heterocycles. The van der Waals surface area contributed by atoms with Gasteiger partial charge >= 0.3 is 0 Å². The summed E-state index contributed by atoms with van der Waals surface area (Å²) >= 11 is 11.8. The second kappa shape index (κ2) is 7.58. The van der Waals surface area contributed by atoms with E-state index in [0.29, 0.717) is 28.6 Å². The summed E-state index contributed by atoms with van der Waals surface area (Å²) in [6.45, 7) is 0.460. The SMILES string of the molecule is CN(CCc1ccccn1)C(=O)[C@@H](O)c1cc(Cl)cc(Cl)c1. The number of carbonyl (C=O) groups excluding carboxylic acids is 1. The average Bonchev–Trinajstić information content (AvgIpc) is 2.51. The zero-order chi connectivity index (χ0) is 16.1. The summed E-state index contributed by atoms with van der Waals surface area (Å²) in [4.78, 5) is 17.9. The Hall–Kier alpha value is -1.62. The Labute approximate surface area is 139 Å². The number of aromatic nitrogens is 1. The van der Waals surface area contributed by atoms with Gasteiger partial charge in [-0.1, -0.05) is 29.3 Å². The van der Waals surface area contributed by atoms with Gasteiger partial charge in [-0.25, -0.2) is 0 Å². The molecule has 2 rings (SSSR count). The first kappa shape index (κ1) is 16.7. The van der Waals surface area contributed by atoms with Crippen LogP contribution in [-0.2, 0) is 11.2 Å². The lowest BCUT2D eigenvalue weighted by Gasteiger charge is -2.21. The lowest BCUT2D eigenvalue weighted by molar-refractivity contribution is -0.139. The van der Waals surface area contributed by atoms with Crippen LogP contribution in [0.3, 0.4) is 0 Å². The van der Waals surface area contributed by atoms with Gasteiger partial charge in [0.2, 0.25) is 0 Å². The number of pyridine rings is 1. The summed E-state index contributed by atoms with van der Waals surface area (Å²) in [5.74, 6) is -0.408. The minimum Gasteiger partial charge on any atom is -0.378 e. The van der Waals surface area contributed by atoms with Gasteiger partial charge in [0.15, 0.2) is 6.10 Å². The predicted octanol–water partition coefficient (Wildman–Crippen LogP) is 3.12. The molecule has 22 heavy (non-hydrogen) atoms. The summed E-state index contributed by atoms with van der Waals surface area (Å²) in [5.41, 5.74) is 1.27. The molecule has 0 spiro atoms. The number of amides is 1. The molecule has 0 bridgehead atoms. The molecule has 1 atom stereocenters. The average molecular weight is 339 g/mol. The van der Waals surface area contributed by atoms with Crippen LogP contribution in [0.25, 0.3) is 0 Å². The largest absolute Gasteiger partial charge is 0.378 e. The summed E-state index contributed by atoms with van der Waals surface area (Å²) in [5, 5.41) is 10.9. The highest BCUT2D eigenvalue weighted by molar-refractivity contribution is 6.34. The van der Waals surface area contributed by atoms with Gasteiger partial charge in [-0.3, -0.25) is 9.78 Å². The van der Waals surface area contributed by atoms with Crippen molar-refractivity contribution < 1.29 is 9.90 Å². The molecular weight excluding hydrogens is 323 g/mol. The number of hydrogen-bond donors (Lipinski definition) is 1. The van der Waals surface area contributed by atoms with E-state index in [0.717, 1.165) is 5.69 Å². The Morgan fingerprint density at radius 2 is 1.95 bits per heavy atom. The maximum Gasteiger partial charge on any atom is 0.255 e. The van der Waals surface area contributed by atoms with Crippen molar-refractivity contribution in [2.24, 2.45) is 0 Å². The van der Waals surface area contributed by atoms with E-state index < -0.39 is 12.0 Å². The van der Waals surface area contributed by atoms with Crippen LogP contribution in [0.2, 0.25) is 10.0 Å². The first-order valence-corrected chi connectivity index (χ1v) is 7.52. The van der Waals surface area contributed by atoms with Gasteiger partial charge in [0, 0.05) is 41.9 Å². The molecule has 0 saturated carbocycles. The molecule has 0 fully saturated rings. The maximum absolute atomic E-state index is 12.3. The zero-order valence-corrected chi connectivity index (χ0v) is 13.6. The van der Waals surface area contributed by atoms with Gasteiger partial charge in [0.1, 0.15) is 0 Å². The normalized spacial score (nSPS) is 12.0. The van der Waals surface area contributed by atoms with Crippen LogP contribution in [0.5, 0.6) is 0 Å². The maximum atomic E-state index is 12.3. The number of benzene rings is 1. The number of carbonyl (C=O) groups is 1. The number of halogens is 2. The topological polar surface area (TPSA) is 53.4 Å². The molecule has 4 nitrogen and oxygen atoms in total. The number of aliphatic hydroxyl groups is 1. The standard InChI is InChI=1S/C16H16Cl2N2O2/c1-20(7-5-14-4-2-3-6-19-14)16(22)15(21)11-8-12(17)10-13(18)9-11/h2-4,6,8-10,15,21H,5,7H2,1H3/t15-/m0/s1. The van der Waals surface area contributed by atoms with E-state index >= 15 is 0 Å². The van der Waals surface area contributed by atoms with Crippen LogP contribution in [0, 0.1) is 0 Å². The highest BCUT2D eigenvalue weighted by Crippen LogP contribution is 2.24. The van der Waals surface area contributed by atoms with Crippen LogP contribution in [0.4, 0.5) is 0 Å². The summed E-state index contributed by atoms with van der Waals surface area (Å²) < 4.78 is 0. The van der Waals surface area contributed by atoms with Crippen molar-refractivity contribution in [1.82, 2.24) is 9.88 Å². The molecular formula is C16H16Cl2N2O2. The first-order valence-electron chi connectivity index (χ1n) is 6.76. The molecule has 0 aliphatic carbocycles. The highest BCUT2D eigenvalue weighted by Gasteiger charge is 2.22. The molecule has 0 aliphatic rings. The lowest BCUT2D eigenvalue weighted by atomic mass is 10.1. The van der Waals surface area contributed by atoms with Crippen LogP contribution in [0.1, 0.15) is 17.4 Å². The van der Waals surface area contributed by atoms with Gasteiger partial charge in [-0.15, -0.1) is 0 Å². The Morgan fingerprint density at radius 3 is 2.55 bits per heavy atom. The molecule has 1 aromatic heterocycles. The van der Waals surface area contributed by atoms with Crippen molar-refractivity contribution in [2.75, 3.05) is 13.6 Å². The summed E-state index contributed by atoms with van der Waals surface area (Å²) in [6.07, 6.45) is 1.04. The molecule has 2 aromatic rings. The molecule has 1 aromatic carbocycles. The Bertz CT molecular complexity index is 630. The quantitative estimate of drug-likeness (QED) is 0.911. The summed E-state index contributed by atoms with van der Waals surface area (Å²) in [6, 6.07) is 10.2. The van der Waals surface area contributed by atoms with E-state index in [-0.39, 0.29) is 0 Å². The van der Waals surface area contributed by atoms with Crippen LogP contribution in [0.15, 0.2) is 42.6 Å². The Balaban J connectivity index is 2.00. The first-order chi connectivity index (χ1) is 10.5. The molecule has 1 N–H and O–H groups in total. The number of hydrogen-bond acceptors (Lipinski definition) is 3. The zero-order valence-electron chi connectivity index (χ0n) is 12.0. The molecule has 116 valence electrons. The number of likely N-dealkylation sites (N-methyl/N-ethyl adjacent to an activating group) is 1. The van der Waals surface area contributed by atoms with Gasteiger partial charge in [0.25, 0.3) is 5.91 Å². The number of aliphatic hydroxyl groups excluding tert-OH is 1. The third-order valence-electron chi connectivity index (χ3n) is 3.24. The van der Waals surface area contributed by atoms with Crippen LogP contribution in [-0.4, -0.2) is 34.5 Å². The molecule has 0 radical (unpaired) electrons. The van der Waals surface area contributed by atoms with Crippen molar-refractivity contribution in [3.63, 3.8) is 0 Å². The van der Waals surface area contributed by atoms with Gasteiger partial charge < -0.3 is 10.0 Å². The monoisotopic (exact) mass is 338 g/mol. The van der Waals surface area contributed by atoms with Crippen molar-refractivity contribution in [3.05, 3.63) is 63.9 Å². The summed E-state index contributed by atoms with van der Waals surface area (Å²) in [7, 11) is 1.64. The van der Waals surface area contributed by atoms with Crippen LogP contribution >= 0.6 is 23.2 Å². The van der Waals surface area contributed by atoms with Gasteiger partial charge in [0.05, 0.1) is 0 Å². The second-order valence-corrected chi connectivity index (χ2v) is 5.81. The van der Waals surface area contributed by atoms with Crippen molar-refractivity contribution in [1.29, 1.82) is 0 Å². The van der Waals surface area contributed by atoms with E-state index in [1.165, 1.54) is 17.0 Å². The van der Waals surface area contributed by atoms with E-state index in [1.807, 2.05) is 18.2 Å². The predicted molar refractivity (Wildman–Crippen MR) is 87.0 cm³/mol. The third-order valence-corrected chi connectivity index (χ3v) is 3.68. The third kappa shape index (κ3) is 4.44. The fourth-order valence-corrected chi connectivity index (χ4v) is 2.57. The molecule has 1 heterocycles.